The van der Waals surface area contributed by atoms with Crippen molar-refractivity contribution in [2.45, 2.75) is 18.6 Å². The Bertz CT molecular complexity index is 985. The van der Waals surface area contributed by atoms with E-state index in [0.717, 1.165) is 29.8 Å². The Labute approximate surface area is 164 Å². The van der Waals surface area contributed by atoms with Crippen LogP contribution in [0.25, 0.3) is 11.3 Å². The maximum Gasteiger partial charge on any atom is 0.416 e. The first-order chi connectivity index (χ1) is 13.9. The van der Waals surface area contributed by atoms with Crippen molar-refractivity contribution in [1.29, 1.82) is 0 Å². The van der Waals surface area contributed by atoms with Gasteiger partial charge >= 0.3 is 12.2 Å². The molecule has 1 aromatic heterocycles. The number of nitrogens with zero attached hydrogens (tertiary/aromatic N) is 4. The van der Waals surface area contributed by atoms with E-state index >= 15 is 0 Å². The Morgan fingerprint density at radius 3 is 2.48 bits per heavy atom. The van der Waals surface area contributed by atoms with Gasteiger partial charge in [0.05, 0.1) is 17.8 Å². The molecule has 29 heavy (non-hydrogen) atoms. The maximum atomic E-state index is 12.6. The standard InChI is InChI=1S/C20H18F3N5O/c21-20(22,23)15-6-8-16(9-7-15)24-19(29)27-11-10-17(12-27)28-13-18(25-26-28)14-4-2-1-3-5-14/h1-9,13,17H,10-12H2,(H,24,29). The number of halogens is 3. The van der Waals surface area contributed by atoms with E-state index < -0.39 is 11.7 Å². The quantitative estimate of drug-likeness (QED) is 0.706. The largest absolute Gasteiger partial charge is 0.416 e. The van der Waals surface area contributed by atoms with Crippen molar-refractivity contribution in [1.82, 2.24) is 19.9 Å². The molecule has 2 aromatic carbocycles. The van der Waals surface area contributed by atoms with Crippen LogP contribution < -0.4 is 5.32 Å². The fraction of sp³-hybridized carbons (Fsp3) is 0.250. The van der Waals surface area contributed by atoms with Gasteiger partial charge in [0.2, 0.25) is 0 Å². The van der Waals surface area contributed by atoms with Crippen molar-refractivity contribution in [3.05, 3.63) is 66.4 Å². The molecule has 1 unspecified atom stereocenters. The molecule has 1 fully saturated rings. The number of amides is 2. The van der Waals surface area contributed by atoms with E-state index in [-0.39, 0.29) is 12.1 Å². The van der Waals surface area contributed by atoms with Gasteiger partial charge in [0.15, 0.2) is 0 Å². The number of carbonyl (C=O) groups excluding carboxylic acids is 1. The van der Waals surface area contributed by atoms with Crippen LogP contribution in [0.3, 0.4) is 0 Å². The van der Waals surface area contributed by atoms with Gasteiger partial charge in [-0.3, -0.25) is 0 Å². The molecule has 0 saturated carbocycles. The molecule has 0 spiro atoms. The summed E-state index contributed by atoms with van der Waals surface area (Å²) in [6, 6.07) is 13.7. The van der Waals surface area contributed by atoms with Crippen LogP contribution in [-0.2, 0) is 6.18 Å². The number of alkyl halides is 3. The topological polar surface area (TPSA) is 63.1 Å². The van der Waals surface area contributed by atoms with Crippen LogP contribution in [0.5, 0.6) is 0 Å². The van der Waals surface area contributed by atoms with Crippen molar-refractivity contribution in [2.24, 2.45) is 0 Å². The second kappa shape index (κ2) is 7.57. The average molecular weight is 401 g/mol. The number of nitrogens with one attached hydrogen (secondary N) is 1. The zero-order chi connectivity index (χ0) is 20.4. The third kappa shape index (κ3) is 4.23. The number of benzene rings is 2. The highest BCUT2D eigenvalue weighted by molar-refractivity contribution is 5.89. The second-order valence-electron chi connectivity index (χ2n) is 6.84. The van der Waals surface area contributed by atoms with Crippen LogP contribution in [0.15, 0.2) is 60.8 Å². The van der Waals surface area contributed by atoms with Crippen LogP contribution in [0.1, 0.15) is 18.0 Å². The first kappa shape index (κ1) is 19.0. The number of carbonyl (C=O) groups is 1. The summed E-state index contributed by atoms with van der Waals surface area (Å²) in [4.78, 5) is 14.1. The van der Waals surface area contributed by atoms with Gasteiger partial charge in [-0.2, -0.15) is 13.2 Å². The number of rotatable bonds is 3. The zero-order valence-corrected chi connectivity index (χ0v) is 15.3. The van der Waals surface area contributed by atoms with Crippen LogP contribution in [0, 0.1) is 0 Å². The van der Waals surface area contributed by atoms with Gasteiger partial charge in [0.25, 0.3) is 0 Å². The predicted octanol–water partition coefficient (Wildman–Crippen LogP) is 4.44. The van der Waals surface area contributed by atoms with Crippen LogP contribution in [-0.4, -0.2) is 39.0 Å². The molecule has 3 aromatic rings. The molecule has 150 valence electrons. The van der Waals surface area contributed by atoms with Crippen molar-refractivity contribution in [2.75, 3.05) is 18.4 Å². The third-order valence-corrected chi connectivity index (χ3v) is 4.87. The Morgan fingerprint density at radius 1 is 1.07 bits per heavy atom. The minimum Gasteiger partial charge on any atom is -0.322 e. The summed E-state index contributed by atoms with van der Waals surface area (Å²) in [7, 11) is 0. The number of anilines is 1. The van der Waals surface area contributed by atoms with E-state index in [1.54, 1.807) is 9.58 Å². The molecule has 4 rings (SSSR count). The summed E-state index contributed by atoms with van der Waals surface area (Å²) in [5, 5.41) is 11.0. The molecule has 0 radical (unpaired) electrons. The Morgan fingerprint density at radius 2 is 1.79 bits per heavy atom. The fourth-order valence-corrected chi connectivity index (χ4v) is 3.28. The summed E-state index contributed by atoms with van der Waals surface area (Å²) >= 11 is 0. The van der Waals surface area contributed by atoms with Gasteiger partial charge in [-0.1, -0.05) is 35.5 Å². The molecular weight excluding hydrogens is 383 g/mol. The van der Waals surface area contributed by atoms with Crippen molar-refractivity contribution in [3.63, 3.8) is 0 Å². The monoisotopic (exact) mass is 401 g/mol. The van der Waals surface area contributed by atoms with Crippen molar-refractivity contribution in [3.8, 4) is 11.3 Å². The molecule has 2 heterocycles. The van der Waals surface area contributed by atoms with Crippen molar-refractivity contribution >= 4 is 11.7 Å². The first-order valence-corrected chi connectivity index (χ1v) is 9.10. The molecule has 9 heteroatoms. The minimum absolute atomic E-state index is 0.00156. The molecule has 1 atom stereocenters. The second-order valence-corrected chi connectivity index (χ2v) is 6.84. The lowest BCUT2D eigenvalue weighted by molar-refractivity contribution is -0.137. The van der Waals surface area contributed by atoms with E-state index in [9.17, 15) is 18.0 Å². The fourth-order valence-electron chi connectivity index (χ4n) is 3.28. The van der Waals surface area contributed by atoms with Crippen molar-refractivity contribution < 1.29 is 18.0 Å². The molecule has 1 N–H and O–H groups in total. The molecule has 0 bridgehead atoms. The summed E-state index contributed by atoms with van der Waals surface area (Å²) in [6.45, 7) is 0.974. The Balaban J connectivity index is 1.37. The Kier molecular flexibility index (Phi) is 4.96. The summed E-state index contributed by atoms with van der Waals surface area (Å²) in [6.07, 6.45) is -1.82. The number of likely N-dealkylation sites (tertiary alicyclic amines) is 1. The van der Waals surface area contributed by atoms with Gasteiger partial charge in [-0.25, -0.2) is 9.48 Å². The normalized spacial score (nSPS) is 16.8. The SMILES string of the molecule is O=C(Nc1ccc(C(F)(F)F)cc1)N1CCC(n2cc(-c3ccccc3)nn2)C1. The highest BCUT2D eigenvalue weighted by atomic mass is 19.4. The zero-order valence-electron chi connectivity index (χ0n) is 15.3. The van der Waals surface area contributed by atoms with Gasteiger partial charge < -0.3 is 10.2 Å². The minimum atomic E-state index is -4.40. The molecular formula is C20H18F3N5O. The van der Waals surface area contributed by atoms with Gasteiger partial charge in [-0.05, 0) is 30.7 Å². The Hall–Kier alpha value is -3.36. The van der Waals surface area contributed by atoms with Gasteiger partial charge in [0.1, 0.15) is 5.69 Å². The molecule has 1 aliphatic heterocycles. The lowest BCUT2D eigenvalue weighted by atomic mass is 10.2. The highest BCUT2D eigenvalue weighted by Gasteiger charge is 2.31. The molecule has 1 saturated heterocycles. The smallest absolute Gasteiger partial charge is 0.322 e. The number of hydrogen-bond acceptors (Lipinski definition) is 3. The number of aromatic nitrogens is 3. The maximum absolute atomic E-state index is 12.6. The van der Waals surface area contributed by atoms with E-state index in [1.807, 2.05) is 36.5 Å². The summed E-state index contributed by atoms with van der Waals surface area (Å²) in [5.41, 5.74) is 1.29. The average Bonchev–Trinajstić information content (AvgIpc) is 3.38. The van der Waals surface area contributed by atoms with E-state index in [1.165, 1.54) is 12.1 Å². The third-order valence-electron chi connectivity index (χ3n) is 4.87. The van der Waals surface area contributed by atoms with E-state index in [2.05, 4.69) is 15.6 Å². The summed E-state index contributed by atoms with van der Waals surface area (Å²) in [5.74, 6) is 0. The molecule has 1 aliphatic rings. The molecule has 6 nitrogen and oxygen atoms in total. The summed E-state index contributed by atoms with van der Waals surface area (Å²) < 4.78 is 39.7. The predicted molar refractivity (Wildman–Crippen MR) is 101 cm³/mol. The molecule has 0 aliphatic carbocycles. The lowest BCUT2D eigenvalue weighted by Crippen LogP contribution is -2.33. The van der Waals surface area contributed by atoms with Crippen LogP contribution in [0.4, 0.5) is 23.7 Å². The van der Waals surface area contributed by atoms with E-state index in [4.69, 9.17) is 0 Å². The first-order valence-electron chi connectivity index (χ1n) is 9.10. The van der Waals surface area contributed by atoms with Gasteiger partial charge in [0, 0.05) is 24.3 Å². The number of urea groups is 1. The van der Waals surface area contributed by atoms with Gasteiger partial charge in [-0.15, -0.1) is 5.10 Å². The van der Waals surface area contributed by atoms with Crippen LogP contribution in [0.2, 0.25) is 0 Å². The van der Waals surface area contributed by atoms with E-state index in [0.29, 0.717) is 18.8 Å². The lowest BCUT2D eigenvalue weighted by Gasteiger charge is -2.17. The highest BCUT2D eigenvalue weighted by Crippen LogP contribution is 2.30. The molecule has 2 amide bonds. The number of hydrogen-bond donors (Lipinski definition) is 1. The van der Waals surface area contributed by atoms with Crippen LogP contribution >= 0.6 is 0 Å².